The lowest BCUT2D eigenvalue weighted by Gasteiger charge is -2.13. The van der Waals surface area contributed by atoms with E-state index in [2.05, 4.69) is 10.6 Å². The molecule has 1 atom stereocenters. The van der Waals surface area contributed by atoms with Gasteiger partial charge in [-0.1, -0.05) is 43.2 Å². The van der Waals surface area contributed by atoms with Gasteiger partial charge in [0.2, 0.25) is 5.91 Å². The van der Waals surface area contributed by atoms with Crippen molar-refractivity contribution in [2.24, 2.45) is 0 Å². The van der Waals surface area contributed by atoms with Crippen molar-refractivity contribution in [2.45, 2.75) is 39.3 Å². The number of aryl methyl sites for hydroxylation is 1. The van der Waals surface area contributed by atoms with Crippen molar-refractivity contribution in [3.05, 3.63) is 35.4 Å². The number of aliphatic carboxylic acids is 1. The molecule has 0 saturated heterocycles. The highest BCUT2D eigenvalue weighted by atomic mass is 35.5. The van der Waals surface area contributed by atoms with Gasteiger partial charge in [0.25, 0.3) is 0 Å². The predicted octanol–water partition coefficient (Wildman–Crippen LogP) is 1.88. The second-order valence-electron chi connectivity index (χ2n) is 4.82. The first-order valence-electron chi connectivity index (χ1n) is 6.81. The van der Waals surface area contributed by atoms with Gasteiger partial charge in [-0.3, -0.25) is 14.9 Å². The molecule has 5 nitrogen and oxygen atoms in total. The van der Waals surface area contributed by atoms with Crippen molar-refractivity contribution in [1.29, 1.82) is 0 Å². The number of nitrogens with one attached hydrogen (secondary N) is 2. The molecule has 21 heavy (non-hydrogen) atoms. The second kappa shape index (κ2) is 10.2. The number of rotatable bonds is 8. The second-order valence-corrected chi connectivity index (χ2v) is 4.82. The van der Waals surface area contributed by atoms with Crippen molar-refractivity contribution in [2.75, 3.05) is 6.54 Å². The van der Waals surface area contributed by atoms with E-state index in [1.807, 2.05) is 38.1 Å². The van der Waals surface area contributed by atoms with E-state index in [1.54, 1.807) is 0 Å². The van der Waals surface area contributed by atoms with Gasteiger partial charge in [-0.15, -0.1) is 12.4 Å². The van der Waals surface area contributed by atoms with Crippen LogP contribution in [0.2, 0.25) is 0 Å². The summed E-state index contributed by atoms with van der Waals surface area (Å²) in [6.07, 6.45) is 1.27. The van der Waals surface area contributed by atoms with Gasteiger partial charge < -0.3 is 10.4 Å². The maximum absolute atomic E-state index is 11.6. The van der Waals surface area contributed by atoms with Gasteiger partial charge in [-0.25, -0.2) is 0 Å². The number of carboxylic acids is 1. The molecule has 0 aliphatic carbocycles. The number of amides is 1. The molecule has 0 bridgehead atoms. The highest BCUT2D eigenvalue weighted by Gasteiger charge is 2.16. The molecule has 0 aliphatic heterocycles. The van der Waals surface area contributed by atoms with Gasteiger partial charge >= 0.3 is 5.97 Å². The fraction of sp³-hybridized carbons (Fsp3) is 0.467. The minimum absolute atomic E-state index is 0. The molecule has 0 saturated carbocycles. The van der Waals surface area contributed by atoms with Crippen molar-refractivity contribution in [3.8, 4) is 0 Å². The van der Waals surface area contributed by atoms with Crippen LogP contribution in [0.3, 0.4) is 0 Å². The Morgan fingerprint density at radius 2 is 1.86 bits per heavy atom. The molecule has 6 heteroatoms. The van der Waals surface area contributed by atoms with E-state index in [-0.39, 0.29) is 24.9 Å². The predicted molar refractivity (Wildman–Crippen MR) is 84.6 cm³/mol. The minimum atomic E-state index is -0.918. The van der Waals surface area contributed by atoms with Crippen molar-refractivity contribution in [1.82, 2.24) is 10.6 Å². The SMILES string of the molecule is CCCC(NCC(=O)NCc1ccc(C)cc1)C(=O)O.Cl. The summed E-state index contributed by atoms with van der Waals surface area (Å²) >= 11 is 0. The molecule has 0 spiro atoms. The topological polar surface area (TPSA) is 78.4 Å². The third kappa shape index (κ3) is 7.68. The van der Waals surface area contributed by atoms with Gasteiger partial charge in [0, 0.05) is 6.54 Å². The zero-order chi connectivity index (χ0) is 15.0. The molecule has 0 heterocycles. The summed E-state index contributed by atoms with van der Waals surface area (Å²) in [5, 5.41) is 14.5. The van der Waals surface area contributed by atoms with E-state index in [9.17, 15) is 9.59 Å². The molecule has 3 N–H and O–H groups in total. The molecular weight excluding hydrogens is 292 g/mol. The molecule has 1 amide bonds. The Bertz CT molecular complexity index is 449. The monoisotopic (exact) mass is 314 g/mol. The van der Waals surface area contributed by atoms with Crippen LogP contribution < -0.4 is 10.6 Å². The Kier molecular flexibility index (Phi) is 9.41. The average Bonchev–Trinajstić information content (AvgIpc) is 2.42. The van der Waals surface area contributed by atoms with Crippen molar-refractivity contribution < 1.29 is 14.7 Å². The van der Waals surface area contributed by atoms with Crippen LogP contribution in [-0.4, -0.2) is 29.6 Å². The summed E-state index contributed by atoms with van der Waals surface area (Å²) in [4.78, 5) is 22.6. The Morgan fingerprint density at radius 3 is 2.38 bits per heavy atom. The number of carbonyl (C=O) groups is 2. The number of benzene rings is 1. The summed E-state index contributed by atoms with van der Waals surface area (Å²) < 4.78 is 0. The zero-order valence-corrected chi connectivity index (χ0v) is 13.2. The molecule has 0 aliphatic rings. The standard InChI is InChI=1S/C15H22N2O3.ClH/c1-3-4-13(15(19)20)16-10-14(18)17-9-12-7-5-11(2)6-8-12;/h5-8,13,16H,3-4,9-10H2,1-2H3,(H,17,18)(H,19,20);1H. The van der Waals surface area contributed by atoms with Crippen LogP contribution in [0.25, 0.3) is 0 Å². The summed E-state index contributed by atoms with van der Waals surface area (Å²) in [6, 6.07) is 7.23. The first-order valence-corrected chi connectivity index (χ1v) is 6.81. The van der Waals surface area contributed by atoms with E-state index >= 15 is 0 Å². The Balaban J connectivity index is 0.00000400. The lowest BCUT2D eigenvalue weighted by Crippen LogP contribution is -2.42. The van der Waals surface area contributed by atoms with Gasteiger partial charge in [0.1, 0.15) is 6.04 Å². The van der Waals surface area contributed by atoms with Gasteiger partial charge in [0.15, 0.2) is 0 Å². The molecular formula is C15H23ClN2O3. The molecule has 0 radical (unpaired) electrons. The summed E-state index contributed by atoms with van der Waals surface area (Å²) in [5.41, 5.74) is 2.19. The number of carbonyl (C=O) groups excluding carboxylic acids is 1. The minimum Gasteiger partial charge on any atom is -0.480 e. The van der Waals surface area contributed by atoms with Crippen molar-refractivity contribution in [3.63, 3.8) is 0 Å². The largest absolute Gasteiger partial charge is 0.480 e. The smallest absolute Gasteiger partial charge is 0.320 e. The molecule has 1 aromatic carbocycles. The van der Waals surface area contributed by atoms with Crippen LogP contribution in [0.1, 0.15) is 30.9 Å². The van der Waals surface area contributed by atoms with Gasteiger partial charge in [-0.05, 0) is 18.9 Å². The first kappa shape index (κ1) is 19.4. The summed E-state index contributed by atoms with van der Waals surface area (Å²) in [6.45, 7) is 4.39. The van der Waals surface area contributed by atoms with Crippen LogP contribution >= 0.6 is 12.4 Å². The lowest BCUT2D eigenvalue weighted by molar-refractivity contribution is -0.139. The molecule has 0 fully saturated rings. The third-order valence-corrected chi connectivity index (χ3v) is 2.99. The first-order chi connectivity index (χ1) is 9.52. The summed E-state index contributed by atoms with van der Waals surface area (Å²) in [5.74, 6) is -1.12. The van der Waals surface area contributed by atoms with E-state index in [0.29, 0.717) is 13.0 Å². The maximum Gasteiger partial charge on any atom is 0.320 e. The molecule has 0 aromatic heterocycles. The van der Waals surface area contributed by atoms with Crippen LogP contribution in [0.15, 0.2) is 24.3 Å². The zero-order valence-electron chi connectivity index (χ0n) is 12.4. The third-order valence-electron chi connectivity index (χ3n) is 2.99. The van der Waals surface area contributed by atoms with Crippen LogP contribution in [0.5, 0.6) is 0 Å². The Morgan fingerprint density at radius 1 is 1.24 bits per heavy atom. The fourth-order valence-corrected chi connectivity index (χ4v) is 1.79. The molecule has 1 unspecified atom stereocenters. The van der Waals surface area contributed by atoms with Crippen LogP contribution in [-0.2, 0) is 16.1 Å². The average molecular weight is 315 g/mol. The molecule has 118 valence electrons. The highest BCUT2D eigenvalue weighted by Crippen LogP contribution is 2.02. The van der Waals surface area contributed by atoms with E-state index < -0.39 is 12.0 Å². The highest BCUT2D eigenvalue weighted by molar-refractivity contribution is 5.85. The Labute approximate surface area is 131 Å². The fourth-order valence-electron chi connectivity index (χ4n) is 1.79. The normalized spacial score (nSPS) is 11.3. The molecule has 1 rings (SSSR count). The number of carboxylic acid groups (broad SMARTS) is 1. The quantitative estimate of drug-likeness (QED) is 0.684. The van der Waals surface area contributed by atoms with E-state index in [4.69, 9.17) is 5.11 Å². The van der Waals surface area contributed by atoms with E-state index in [0.717, 1.165) is 12.0 Å². The number of halogens is 1. The Hall–Kier alpha value is -1.59. The van der Waals surface area contributed by atoms with Gasteiger partial charge in [0.05, 0.1) is 6.54 Å². The van der Waals surface area contributed by atoms with Crippen molar-refractivity contribution >= 4 is 24.3 Å². The summed E-state index contributed by atoms with van der Waals surface area (Å²) in [7, 11) is 0. The number of hydrogen-bond donors (Lipinski definition) is 3. The maximum atomic E-state index is 11.6. The number of hydrogen-bond acceptors (Lipinski definition) is 3. The van der Waals surface area contributed by atoms with Crippen LogP contribution in [0.4, 0.5) is 0 Å². The van der Waals surface area contributed by atoms with Crippen LogP contribution in [0, 0.1) is 6.92 Å². The van der Waals surface area contributed by atoms with E-state index in [1.165, 1.54) is 5.56 Å². The lowest BCUT2D eigenvalue weighted by atomic mass is 10.1. The van der Waals surface area contributed by atoms with Gasteiger partial charge in [-0.2, -0.15) is 0 Å². The molecule has 1 aromatic rings.